The molecule has 1 N–H and O–H groups in total. The number of fused-ring (bicyclic) bond motifs is 1. The molecule has 72 valence electrons. The number of carboxylic acid groups (broad SMARTS) is 1. The molecule has 0 bridgehead atoms. The summed E-state index contributed by atoms with van der Waals surface area (Å²) in [4.78, 5) is 23.9. The van der Waals surface area contributed by atoms with E-state index in [9.17, 15) is 9.59 Å². The molecule has 1 aliphatic rings. The Labute approximate surface area is 80.8 Å². The maximum Gasteiger partial charge on any atom is 0.336 e. The van der Waals surface area contributed by atoms with E-state index in [1.165, 1.54) is 11.0 Å². The highest BCUT2D eigenvalue weighted by Gasteiger charge is 2.28. The first-order valence-electron chi connectivity index (χ1n) is 4.22. The molecule has 0 spiro atoms. The zero-order chi connectivity index (χ0) is 10.3. The summed E-state index contributed by atoms with van der Waals surface area (Å²) in [6.45, 7) is 0.495. The van der Waals surface area contributed by atoms with Crippen LogP contribution in [0.3, 0.4) is 0 Å². The zero-order valence-electron chi connectivity index (χ0n) is 7.65. The van der Waals surface area contributed by atoms with Gasteiger partial charge in [0.1, 0.15) is 0 Å². The van der Waals surface area contributed by atoms with E-state index in [-0.39, 0.29) is 11.5 Å². The fourth-order valence-corrected chi connectivity index (χ4v) is 1.68. The largest absolute Gasteiger partial charge is 0.478 e. The second-order valence-corrected chi connectivity index (χ2v) is 3.31. The maximum atomic E-state index is 11.6. The van der Waals surface area contributed by atoms with Gasteiger partial charge in [0.25, 0.3) is 5.91 Å². The smallest absolute Gasteiger partial charge is 0.336 e. The number of rotatable bonds is 1. The summed E-state index contributed by atoms with van der Waals surface area (Å²) in [5.41, 5.74) is 1.22. The Hall–Kier alpha value is -1.84. The summed E-state index contributed by atoms with van der Waals surface area (Å²) in [6, 6.07) is 4.90. The van der Waals surface area contributed by atoms with Gasteiger partial charge in [-0.25, -0.2) is 4.79 Å². The average Bonchev–Trinajstić information content (AvgIpc) is 2.43. The topological polar surface area (TPSA) is 57.6 Å². The van der Waals surface area contributed by atoms with E-state index in [1.807, 2.05) is 0 Å². The Morgan fingerprint density at radius 3 is 2.86 bits per heavy atom. The molecule has 0 saturated heterocycles. The number of hydrogen-bond donors (Lipinski definition) is 1. The molecule has 4 nitrogen and oxygen atoms in total. The van der Waals surface area contributed by atoms with Crippen LogP contribution in [-0.4, -0.2) is 28.9 Å². The number of aromatic carboxylic acids is 1. The second-order valence-electron chi connectivity index (χ2n) is 3.31. The highest BCUT2D eigenvalue weighted by Crippen LogP contribution is 2.24. The number of nitrogens with zero attached hydrogens (tertiary/aromatic N) is 1. The number of carbonyl (C=O) groups is 2. The van der Waals surface area contributed by atoms with Crippen molar-refractivity contribution in [2.75, 3.05) is 7.05 Å². The van der Waals surface area contributed by atoms with Crippen molar-refractivity contribution < 1.29 is 14.7 Å². The lowest BCUT2D eigenvalue weighted by atomic mass is 10.0. The molecule has 1 heterocycles. The number of carboxylic acids is 1. The summed E-state index contributed by atoms with van der Waals surface area (Å²) in [7, 11) is 1.66. The highest BCUT2D eigenvalue weighted by atomic mass is 16.4. The van der Waals surface area contributed by atoms with Crippen LogP contribution in [0.2, 0.25) is 0 Å². The summed E-state index contributed by atoms with van der Waals surface area (Å²) < 4.78 is 0. The van der Waals surface area contributed by atoms with Gasteiger partial charge >= 0.3 is 5.97 Å². The van der Waals surface area contributed by atoms with Crippen LogP contribution in [-0.2, 0) is 6.54 Å². The molecular weight excluding hydrogens is 182 g/mol. The Kier molecular flexibility index (Phi) is 1.77. The van der Waals surface area contributed by atoms with Crippen LogP contribution < -0.4 is 0 Å². The molecule has 1 aromatic carbocycles. The summed E-state index contributed by atoms with van der Waals surface area (Å²) >= 11 is 0. The van der Waals surface area contributed by atoms with Crippen LogP contribution in [0.5, 0.6) is 0 Å². The molecule has 0 aliphatic carbocycles. The lowest BCUT2D eigenvalue weighted by Crippen LogP contribution is -2.19. The van der Waals surface area contributed by atoms with Gasteiger partial charge in [-0.15, -0.1) is 0 Å². The van der Waals surface area contributed by atoms with Crippen LogP contribution in [0.1, 0.15) is 26.3 Å². The minimum absolute atomic E-state index is 0.0943. The van der Waals surface area contributed by atoms with Gasteiger partial charge in [0, 0.05) is 13.6 Å². The summed E-state index contributed by atoms with van der Waals surface area (Å²) in [6.07, 6.45) is 0. The number of carbonyl (C=O) groups excluding carboxylic acids is 1. The van der Waals surface area contributed by atoms with Crippen LogP contribution in [0.4, 0.5) is 0 Å². The monoisotopic (exact) mass is 191 g/mol. The van der Waals surface area contributed by atoms with Crippen molar-refractivity contribution in [2.24, 2.45) is 0 Å². The van der Waals surface area contributed by atoms with Crippen molar-refractivity contribution in [2.45, 2.75) is 6.54 Å². The Morgan fingerprint density at radius 1 is 1.50 bits per heavy atom. The van der Waals surface area contributed by atoms with E-state index >= 15 is 0 Å². The predicted octanol–water partition coefficient (Wildman–Crippen LogP) is 0.970. The highest BCUT2D eigenvalue weighted by molar-refractivity contribution is 6.07. The molecular formula is C10H9NO3. The van der Waals surface area contributed by atoms with Gasteiger partial charge in [0.15, 0.2) is 0 Å². The van der Waals surface area contributed by atoms with Crippen LogP contribution in [0.25, 0.3) is 0 Å². The van der Waals surface area contributed by atoms with Gasteiger partial charge in [-0.3, -0.25) is 4.79 Å². The van der Waals surface area contributed by atoms with E-state index in [1.54, 1.807) is 19.2 Å². The first-order chi connectivity index (χ1) is 6.61. The summed E-state index contributed by atoms with van der Waals surface area (Å²) in [5, 5.41) is 8.88. The molecule has 0 unspecified atom stereocenters. The van der Waals surface area contributed by atoms with Gasteiger partial charge in [-0.05, 0) is 11.6 Å². The average molecular weight is 191 g/mol. The number of hydrogen-bond acceptors (Lipinski definition) is 2. The standard InChI is InChI=1S/C10H9NO3/c1-11-5-6-3-2-4-7(10(13)14)8(6)9(11)12/h2-4H,5H2,1H3,(H,13,14). The molecule has 14 heavy (non-hydrogen) atoms. The van der Waals surface area contributed by atoms with Crippen molar-refractivity contribution in [1.29, 1.82) is 0 Å². The van der Waals surface area contributed by atoms with Gasteiger partial charge in [0.2, 0.25) is 0 Å². The van der Waals surface area contributed by atoms with Crippen LogP contribution in [0, 0.1) is 0 Å². The molecule has 1 aliphatic heterocycles. The molecule has 4 heteroatoms. The Balaban J connectivity index is 2.64. The van der Waals surface area contributed by atoms with Crippen LogP contribution in [0.15, 0.2) is 18.2 Å². The molecule has 1 aromatic rings. The van der Waals surface area contributed by atoms with Crippen molar-refractivity contribution >= 4 is 11.9 Å². The third-order valence-electron chi connectivity index (χ3n) is 2.35. The molecule has 0 radical (unpaired) electrons. The lowest BCUT2D eigenvalue weighted by molar-refractivity contribution is 0.0686. The number of benzene rings is 1. The Bertz CT molecular complexity index is 425. The van der Waals surface area contributed by atoms with Crippen molar-refractivity contribution in [3.05, 3.63) is 34.9 Å². The fourth-order valence-electron chi connectivity index (χ4n) is 1.68. The quantitative estimate of drug-likeness (QED) is 0.719. The number of amides is 1. The zero-order valence-corrected chi connectivity index (χ0v) is 7.65. The molecule has 2 rings (SSSR count). The molecule has 0 atom stereocenters. The van der Waals surface area contributed by atoms with E-state index in [0.29, 0.717) is 12.1 Å². The first-order valence-corrected chi connectivity index (χ1v) is 4.22. The van der Waals surface area contributed by atoms with Gasteiger partial charge in [-0.2, -0.15) is 0 Å². The van der Waals surface area contributed by atoms with Crippen molar-refractivity contribution in [3.63, 3.8) is 0 Å². The summed E-state index contributed by atoms with van der Waals surface area (Å²) in [5.74, 6) is -1.26. The predicted molar refractivity (Wildman–Crippen MR) is 49.2 cm³/mol. The normalized spacial score (nSPS) is 14.4. The fraction of sp³-hybridized carbons (Fsp3) is 0.200. The lowest BCUT2D eigenvalue weighted by Gasteiger charge is -2.05. The third-order valence-corrected chi connectivity index (χ3v) is 2.35. The minimum atomic E-state index is -1.05. The SMILES string of the molecule is CN1Cc2cccc(C(=O)O)c2C1=O. The molecule has 1 amide bonds. The van der Waals surface area contributed by atoms with E-state index in [4.69, 9.17) is 5.11 Å². The van der Waals surface area contributed by atoms with E-state index in [0.717, 1.165) is 5.56 Å². The second kappa shape index (κ2) is 2.83. The molecule has 0 saturated carbocycles. The van der Waals surface area contributed by atoms with Crippen molar-refractivity contribution in [1.82, 2.24) is 4.90 Å². The maximum absolute atomic E-state index is 11.6. The minimum Gasteiger partial charge on any atom is -0.478 e. The van der Waals surface area contributed by atoms with Gasteiger partial charge in [-0.1, -0.05) is 12.1 Å². The first kappa shape index (κ1) is 8.74. The van der Waals surface area contributed by atoms with Gasteiger partial charge in [0.05, 0.1) is 11.1 Å². The van der Waals surface area contributed by atoms with E-state index in [2.05, 4.69) is 0 Å². The van der Waals surface area contributed by atoms with Crippen LogP contribution >= 0.6 is 0 Å². The Morgan fingerprint density at radius 2 is 2.21 bits per heavy atom. The van der Waals surface area contributed by atoms with Gasteiger partial charge < -0.3 is 10.0 Å². The van der Waals surface area contributed by atoms with E-state index < -0.39 is 5.97 Å². The van der Waals surface area contributed by atoms with Crippen molar-refractivity contribution in [3.8, 4) is 0 Å². The third kappa shape index (κ3) is 1.08. The molecule has 0 aromatic heterocycles. The molecule has 0 fully saturated rings.